The van der Waals surface area contributed by atoms with Gasteiger partial charge >= 0.3 is 11.8 Å². The maximum absolute atomic E-state index is 12.0. The standard InChI is InChI=1S/C12H22N2O4/c1-3-9(7-15)13-5-6-14(10(4-2)8-16)12(18)11(13)17/h9-10,15-16H,3-8H2,1-2H3. The van der Waals surface area contributed by atoms with Crippen molar-refractivity contribution < 1.29 is 19.8 Å². The Hall–Kier alpha value is -1.14. The molecule has 1 aliphatic rings. The zero-order chi connectivity index (χ0) is 13.7. The van der Waals surface area contributed by atoms with Crippen LogP contribution in [0.5, 0.6) is 0 Å². The molecule has 2 N–H and O–H groups in total. The molecular weight excluding hydrogens is 236 g/mol. The second-order valence-corrected chi connectivity index (χ2v) is 4.49. The molecule has 0 bridgehead atoms. The minimum absolute atomic E-state index is 0.132. The molecule has 2 amide bonds. The first-order chi connectivity index (χ1) is 8.60. The highest BCUT2D eigenvalue weighted by Crippen LogP contribution is 2.15. The second-order valence-electron chi connectivity index (χ2n) is 4.49. The lowest BCUT2D eigenvalue weighted by Gasteiger charge is -2.40. The molecule has 2 unspecified atom stereocenters. The van der Waals surface area contributed by atoms with Gasteiger partial charge in [-0.2, -0.15) is 0 Å². The summed E-state index contributed by atoms with van der Waals surface area (Å²) in [6, 6.07) is -0.587. The molecule has 6 heteroatoms. The summed E-state index contributed by atoms with van der Waals surface area (Å²) in [5.41, 5.74) is 0. The molecule has 1 saturated heterocycles. The predicted molar refractivity (Wildman–Crippen MR) is 65.8 cm³/mol. The normalized spacial score (nSPS) is 20.2. The third-order valence-electron chi connectivity index (χ3n) is 3.53. The largest absolute Gasteiger partial charge is 0.394 e. The maximum Gasteiger partial charge on any atom is 0.312 e. The van der Waals surface area contributed by atoms with Crippen molar-refractivity contribution in [2.75, 3.05) is 26.3 Å². The fourth-order valence-corrected chi connectivity index (χ4v) is 2.26. The number of carbonyl (C=O) groups excluding carboxylic acids is 2. The van der Waals surface area contributed by atoms with E-state index in [0.29, 0.717) is 25.9 Å². The molecule has 0 saturated carbocycles. The zero-order valence-electron chi connectivity index (χ0n) is 11.0. The van der Waals surface area contributed by atoms with E-state index >= 15 is 0 Å². The molecule has 1 fully saturated rings. The molecule has 0 aromatic heterocycles. The monoisotopic (exact) mass is 258 g/mol. The van der Waals surface area contributed by atoms with Gasteiger partial charge in [-0.3, -0.25) is 9.59 Å². The van der Waals surface area contributed by atoms with E-state index in [1.807, 2.05) is 13.8 Å². The van der Waals surface area contributed by atoms with E-state index in [0.717, 1.165) is 0 Å². The molecule has 0 aromatic carbocycles. The first kappa shape index (κ1) is 14.9. The Balaban J connectivity index is 2.77. The van der Waals surface area contributed by atoms with Crippen molar-refractivity contribution in [3.63, 3.8) is 0 Å². The van der Waals surface area contributed by atoms with Gasteiger partial charge in [-0.05, 0) is 12.8 Å². The lowest BCUT2D eigenvalue weighted by atomic mass is 10.1. The smallest absolute Gasteiger partial charge is 0.312 e. The lowest BCUT2D eigenvalue weighted by Crippen LogP contribution is -2.60. The minimum atomic E-state index is -0.575. The molecule has 6 nitrogen and oxygen atoms in total. The van der Waals surface area contributed by atoms with Gasteiger partial charge in [0, 0.05) is 13.1 Å². The Morgan fingerprint density at radius 1 is 0.944 bits per heavy atom. The van der Waals surface area contributed by atoms with E-state index in [9.17, 15) is 19.8 Å². The molecule has 18 heavy (non-hydrogen) atoms. The number of hydrogen-bond donors (Lipinski definition) is 2. The van der Waals surface area contributed by atoms with Crippen molar-refractivity contribution in [1.82, 2.24) is 9.80 Å². The number of piperazine rings is 1. The third-order valence-corrected chi connectivity index (χ3v) is 3.53. The summed E-state index contributed by atoms with van der Waals surface area (Å²) in [7, 11) is 0. The highest BCUT2D eigenvalue weighted by atomic mass is 16.3. The number of aliphatic hydroxyl groups excluding tert-OH is 2. The first-order valence-corrected chi connectivity index (χ1v) is 6.43. The fourth-order valence-electron chi connectivity index (χ4n) is 2.26. The van der Waals surface area contributed by atoms with Gasteiger partial charge < -0.3 is 20.0 Å². The molecule has 1 aliphatic heterocycles. The Morgan fingerprint density at radius 3 is 1.50 bits per heavy atom. The number of rotatable bonds is 6. The number of hydrogen-bond acceptors (Lipinski definition) is 4. The second kappa shape index (κ2) is 6.70. The summed E-state index contributed by atoms with van der Waals surface area (Å²) in [6.07, 6.45) is 1.24. The van der Waals surface area contributed by atoms with Crippen LogP contribution in [0.4, 0.5) is 0 Å². The molecule has 0 aliphatic carbocycles. The Kier molecular flexibility index (Phi) is 5.55. The van der Waals surface area contributed by atoms with Gasteiger partial charge in [-0.15, -0.1) is 0 Å². The van der Waals surface area contributed by atoms with Gasteiger partial charge in [0.15, 0.2) is 0 Å². The van der Waals surface area contributed by atoms with Gasteiger partial charge in [0.05, 0.1) is 25.3 Å². The van der Waals surface area contributed by atoms with Gasteiger partial charge in [0.1, 0.15) is 0 Å². The topological polar surface area (TPSA) is 81.1 Å². The van der Waals surface area contributed by atoms with Crippen molar-refractivity contribution in [1.29, 1.82) is 0 Å². The number of carbonyl (C=O) groups is 2. The van der Waals surface area contributed by atoms with Crippen LogP contribution in [0.25, 0.3) is 0 Å². The van der Waals surface area contributed by atoms with E-state index in [1.54, 1.807) is 0 Å². The van der Waals surface area contributed by atoms with Crippen LogP contribution in [0.2, 0.25) is 0 Å². The van der Waals surface area contributed by atoms with Crippen molar-refractivity contribution in [2.24, 2.45) is 0 Å². The highest BCUT2D eigenvalue weighted by Gasteiger charge is 2.37. The van der Waals surface area contributed by atoms with Crippen LogP contribution in [-0.2, 0) is 9.59 Å². The quantitative estimate of drug-likeness (QED) is 0.611. The van der Waals surface area contributed by atoms with Crippen LogP contribution < -0.4 is 0 Å². The highest BCUT2D eigenvalue weighted by molar-refractivity contribution is 6.35. The summed E-state index contributed by atoms with van der Waals surface area (Å²) in [5, 5.41) is 18.4. The average molecular weight is 258 g/mol. The van der Waals surface area contributed by atoms with Gasteiger partial charge in [0.25, 0.3) is 0 Å². The first-order valence-electron chi connectivity index (χ1n) is 6.43. The van der Waals surface area contributed by atoms with Gasteiger partial charge in [-0.1, -0.05) is 13.8 Å². The van der Waals surface area contributed by atoms with Gasteiger partial charge in [0.2, 0.25) is 0 Å². The predicted octanol–water partition coefficient (Wildman–Crippen LogP) is -0.801. The maximum atomic E-state index is 12.0. The SMILES string of the molecule is CCC(CO)N1CCN(C(CC)CO)C(=O)C1=O. The number of amides is 2. The summed E-state index contributed by atoms with van der Waals surface area (Å²) >= 11 is 0. The van der Waals surface area contributed by atoms with Gasteiger partial charge in [-0.25, -0.2) is 0 Å². The molecule has 0 spiro atoms. The fraction of sp³-hybridized carbons (Fsp3) is 0.833. The zero-order valence-corrected chi connectivity index (χ0v) is 11.0. The summed E-state index contributed by atoms with van der Waals surface area (Å²) in [5.74, 6) is -1.15. The molecule has 2 atom stereocenters. The summed E-state index contributed by atoms with van der Waals surface area (Å²) in [4.78, 5) is 26.8. The molecule has 1 rings (SSSR count). The molecule has 1 heterocycles. The van der Waals surface area contributed by atoms with Crippen molar-refractivity contribution in [3.8, 4) is 0 Å². The summed E-state index contributed by atoms with van der Waals surface area (Å²) in [6.45, 7) is 4.31. The van der Waals surface area contributed by atoms with E-state index in [1.165, 1.54) is 9.80 Å². The van der Waals surface area contributed by atoms with Crippen molar-refractivity contribution in [3.05, 3.63) is 0 Å². The Bertz CT molecular complexity index is 270. The van der Waals surface area contributed by atoms with E-state index in [4.69, 9.17) is 0 Å². The summed E-state index contributed by atoms with van der Waals surface area (Å²) < 4.78 is 0. The molecule has 0 aromatic rings. The van der Waals surface area contributed by atoms with Crippen LogP contribution in [0.1, 0.15) is 26.7 Å². The van der Waals surface area contributed by atoms with E-state index < -0.39 is 11.8 Å². The molecular formula is C12H22N2O4. The third kappa shape index (κ3) is 2.81. The Labute approximate surface area is 107 Å². The van der Waals surface area contributed by atoms with Crippen LogP contribution in [-0.4, -0.2) is 70.2 Å². The minimum Gasteiger partial charge on any atom is -0.394 e. The number of nitrogens with zero attached hydrogens (tertiary/aromatic N) is 2. The number of aliphatic hydroxyl groups is 2. The van der Waals surface area contributed by atoms with Crippen LogP contribution in [0.3, 0.4) is 0 Å². The van der Waals surface area contributed by atoms with Crippen molar-refractivity contribution in [2.45, 2.75) is 38.8 Å². The van der Waals surface area contributed by atoms with Crippen LogP contribution >= 0.6 is 0 Å². The van der Waals surface area contributed by atoms with E-state index in [2.05, 4.69) is 0 Å². The lowest BCUT2D eigenvalue weighted by molar-refractivity contribution is -0.160. The van der Waals surface area contributed by atoms with Crippen LogP contribution in [0, 0.1) is 0 Å². The van der Waals surface area contributed by atoms with E-state index in [-0.39, 0.29) is 25.3 Å². The average Bonchev–Trinajstić information content (AvgIpc) is 2.39. The molecule has 104 valence electrons. The van der Waals surface area contributed by atoms with Crippen molar-refractivity contribution >= 4 is 11.8 Å². The Morgan fingerprint density at radius 2 is 1.28 bits per heavy atom. The molecule has 0 radical (unpaired) electrons. The van der Waals surface area contributed by atoms with Crippen LogP contribution in [0.15, 0.2) is 0 Å².